The maximum Gasteiger partial charge on any atom is 0.141 e. The highest BCUT2D eigenvalue weighted by molar-refractivity contribution is 5.40. The van der Waals surface area contributed by atoms with Gasteiger partial charge in [-0.3, -0.25) is 9.88 Å². The van der Waals surface area contributed by atoms with Crippen LogP contribution in [-0.4, -0.2) is 15.9 Å². The SMILES string of the molecule is Nc1cccc(CN(Cc2cncc(F)c2)C2CC2)c1. The van der Waals surface area contributed by atoms with Gasteiger partial charge in [-0.25, -0.2) is 4.39 Å². The molecule has 4 heteroatoms. The van der Waals surface area contributed by atoms with Gasteiger partial charge in [-0.05, 0) is 42.2 Å². The van der Waals surface area contributed by atoms with Gasteiger partial charge in [-0.2, -0.15) is 0 Å². The summed E-state index contributed by atoms with van der Waals surface area (Å²) in [4.78, 5) is 6.28. The lowest BCUT2D eigenvalue weighted by molar-refractivity contribution is 0.245. The van der Waals surface area contributed by atoms with Crippen molar-refractivity contribution in [3.05, 3.63) is 59.7 Å². The van der Waals surface area contributed by atoms with Gasteiger partial charge in [0.2, 0.25) is 0 Å². The minimum Gasteiger partial charge on any atom is -0.399 e. The first-order valence-electron chi connectivity index (χ1n) is 6.88. The number of anilines is 1. The fourth-order valence-electron chi connectivity index (χ4n) is 2.46. The monoisotopic (exact) mass is 271 g/mol. The summed E-state index contributed by atoms with van der Waals surface area (Å²) in [5.74, 6) is -0.276. The third kappa shape index (κ3) is 3.33. The number of nitrogens with zero attached hydrogens (tertiary/aromatic N) is 2. The van der Waals surface area contributed by atoms with Crippen LogP contribution in [0, 0.1) is 5.82 Å². The van der Waals surface area contributed by atoms with E-state index in [2.05, 4.69) is 16.0 Å². The summed E-state index contributed by atoms with van der Waals surface area (Å²) in [6, 6.07) is 10.1. The Kier molecular flexibility index (Phi) is 3.65. The van der Waals surface area contributed by atoms with Gasteiger partial charge in [0, 0.05) is 31.0 Å². The fraction of sp³-hybridized carbons (Fsp3) is 0.312. The highest BCUT2D eigenvalue weighted by Gasteiger charge is 2.29. The van der Waals surface area contributed by atoms with Gasteiger partial charge in [-0.15, -0.1) is 0 Å². The quantitative estimate of drug-likeness (QED) is 0.850. The highest BCUT2D eigenvalue weighted by atomic mass is 19.1. The molecule has 20 heavy (non-hydrogen) atoms. The Bertz CT molecular complexity index is 548. The van der Waals surface area contributed by atoms with Crippen molar-refractivity contribution in [2.75, 3.05) is 5.73 Å². The Morgan fingerprint density at radius 3 is 2.65 bits per heavy atom. The van der Waals surface area contributed by atoms with Crippen LogP contribution in [0.25, 0.3) is 0 Å². The molecule has 2 N–H and O–H groups in total. The topological polar surface area (TPSA) is 42.1 Å². The molecule has 0 bridgehead atoms. The van der Waals surface area contributed by atoms with Gasteiger partial charge >= 0.3 is 0 Å². The number of nitrogen functional groups attached to an aromatic ring is 1. The van der Waals surface area contributed by atoms with E-state index in [0.29, 0.717) is 6.04 Å². The molecule has 2 aromatic rings. The average molecular weight is 271 g/mol. The van der Waals surface area contributed by atoms with Crippen LogP contribution in [0.1, 0.15) is 24.0 Å². The lowest BCUT2D eigenvalue weighted by Crippen LogP contribution is -2.25. The summed E-state index contributed by atoms with van der Waals surface area (Å²) in [5.41, 5.74) is 8.72. The van der Waals surface area contributed by atoms with Crippen molar-refractivity contribution in [2.24, 2.45) is 0 Å². The molecular weight excluding hydrogens is 253 g/mol. The molecule has 1 aromatic heterocycles. The van der Waals surface area contributed by atoms with Crippen LogP contribution in [-0.2, 0) is 13.1 Å². The molecule has 1 fully saturated rings. The van der Waals surface area contributed by atoms with Crippen LogP contribution in [0.5, 0.6) is 0 Å². The maximum atomic E-state index is 13.2. The van der Waals surface area contributed by atoms with Crippen molar-refractivity contribution in [2.45, 2.75) is 32.0 Å². The second kappa shape index (κ2) is 5.59. The first-order valence-corrected chi connectivity index (χ1v) is 6.88. The minimum absolute atomic E-state index is 0.276. The standard InChI is InChI=1S/C16H18FN3/c17-14-6-13(8-19-9-14)11-20(16-4-5-16)10-12-2-1-3-15(18)7-12/h1-3,6-9,16H,4-5,10-11,18H2. The highest BCUT2D eigenvalue weighted by Crippen LogP contribution is 2.30. The van der Waals surface area contributed by atoms with Crippen LogP contribution < -0.4 is 5.73 Å². The summed E-state index contributed by atoms with van der Waals surface area (Å²) in [6.45, 7) is 1.57. The van der Waals surface area contributed by atoms with Crippen LogP contribution in [0.4, 0.5) is 10.1 Å². The molecule has 1 aliphatic carbocycles. The number of benzene rings is 1. The smallest absolute Gasteiger partial charge is 0.141 e. The van der Waals surface area contributed by atoms with Gasteiger partial charge in [0.25, 0.3) is 0 Å². The number of hydrogen-bond donors (Lipinski definition) is 1. The van der Waals surface area contributed by atoms with Crippen molar-refractivity contribution >= 4 is 5.69 Å². The summed E-state index contributed by atoms with van der Waals surface area (Å²) < 4.78 is 13.2. The van der Waals surface area contributed by atoms with E-state index in [9.17, 15) is 4.39 Å². The number of rotatable bonds is 5. The molecule has 1 aromatic carbocycles. The molecule has 0 aliphatic heterocycles. The van der Waals surface area contributed by atoms with E-state index in [0.717, 1.165) is 24.3 Å². The summed E-state index contributed by atoms with van der Waals surface area (Å²) in [6.07, 6.45) is 5.40. The van der Waals surface area contributed by atoms with Crippen molar-refractivity contribution in [1.29, 1.82) is 0 Å². The molecule has 0 radical (unpaired) electrons. The number of hydrogen-bond acceptors (Lipinski definition) is 3. The first-order chi connectivity index (χ1) is 9.70. The van der Waals surface area contributed by atoms with Crippen LogP contribution in [0.15, 0.2) is 42.7 Å². The second-order valence-electron chi connectivity index (χ2n) is 5.39. The van der Waals surface area contributed by atoms with Crippen molar-refractivity contribution < 1.29 is 4.39 Å². The van der Waals surface area contributed by atoms with Crippen LogP contribution >= 0.6 is 0 Å². The van der Waals surface area contributed by atoms with E-state index in [4.69, 9.17) is 5.73 Å². The molecule has 3 nitrogen and oxygen atoms in total. The first kappa shape index (κ1) is 13.1. The molecule has 1 heterocycles. The molecule has 104 valence electrons. The van der Waals surface area contributed by atoms with Gasteiger partial charge in [0.1, 0.15) is 5.82 Å². The normalized spacial score (nSPS) is 14.7. The van der Waals surface area contributed by atoms with E-state index >= 15 is 0 Å². The third-order valence-electron chi connectivity index (χ3n) is 3.55. The molecule has 0 spiro atoms. The van der Waals surface area contributed by atoms with E-state index in [1.165, 1.54) is 24.6 Å². The second-order valence-corrected chi connectivity index (χ2v) is 5.39. The predicted molar refractivity (Wildman–Crippen MR) is 77.3 cm³/mol. The Labute approximate surface area is 118 Å². The largest absolute Gasteiger partial charge is 0.399 e. The Morgan fingerprint density at radius 2 is 1.95 bits per heavy atom. The summed E-state index contributed by atoms with van der Waals surface area (Å²) >= 11 is 0. The van der Waals surface area contributed by atoms with Crippen molar-refractivity contribution in [3.63, 3.8) is 0 Å². The van der Waals surface area contributed by atoms with Gasteiger partial charge in [-0.1, -0.05) is 12.1 Å². The lowest BCUT2D eigenvalue weighted by Gasteiger charge is -2.22. The van der Waals surface area contributed by atoms with Crippen LogP contribution in [0.3, 0.4) is 0 Å². The number of nitrogens with two attached hydrogens (primary N) is 1. The number of halogens is 1. The molecule has 1 aliphatic rings. The van der Waals surface area contributed by atoms with Gasteiger partial charge in [0.05, 0.1) is 6.20 Å². The Hall–Kier alpha value is -1.94. The molecule has 0 saturated heterocycles. The molecule has 0 amide bonds. The minimum atomic E-state index is -0.276. The maximum absolute atomic E-state index is 13.2. The van der Waals surface area contributed by atoms with Crippen molar-refractivity contribution in [1.82, 2.24) is 9.88 Å². The molecule has 1 saturated carbocycles. The summed E-state index contributed by atoms with van der Waals surface area (Å²) in [5, 5.41) is 0. The average Bonchev–Trinajstić information content (AvgIpc) is 3.22. The molecule has 0 unspecified atom stereocenters. The van der Waals surface area contributed by atoms with E-state index in [1.54, 1.807) is 12.3 Å². The summed E-state index contributed by atoms with van der Waals surface area (Å²) in [7, 11) is 0. The molecule has 3 rings (SSSR count). The van der Waals surface area contributed by atoms with E-state index in [1.807, 2.05) is 18.2 Å². The van der Waals surface area contributed by atoms with E-state index in [-0.39, 0.29) is 5.82 Å². The van der Waals surface area contributed by atoms with Gasteiger partial charge < -0.3 is 5.73 Å². The molecular formula is C16H18FN3. The predicted octanol–water partition coefficient (Wildman–Crippen LogP) is 2.97. The fourth-order valence-corrected chi connectivity index (χ4v) is 2.46. The lowest BCUT2D eigenvalue weighted by atomic mass is 10.1. The van der Waals surface area contributed by atoms with Gasteiger partial charge in [0.15, 0.2) is 0 Å². The Balaban J connectivity index is 1.73. The Morgan fingerprint density at radius 1 is 1.15 bits per heavy atom. The van der Waals surface area contributed by atoms with E-state index < -0.39 is 0 Å². The van der Waals surface area contributed by atoms with Crippen molar-refractivity contribution in [3.8, 4) is 0 Å². The third-order valence-corrected chi connectivity index (χ3v) is 3.55. The molecule has 0 atom stereocenters. The zero-order chi connectivity index (χ0) is 13.9. The zero-order valence-corrected chi connectivity index (χ0v) is 11.3. The zero-order valence-electron chi connectivity index (χ0n) is 11.3. The number of aromatic nitrogens is 1. The number of pyridine rings is 1. The van der Waals surface area contributed by atoms with Crippen LogP contribution in [0.2, 0.25) is 0 Å².